The first kappa shape index (κ1) is 9.64. The van der Waals surface area contributed by atoms with Gasteiger partial charge < -0.3 is 14.6 Å². The Morgan fingerprint density at radius 2 is 2.50 bits per heavy atom. The molecule has 2 rings (SSSR count). The number of aliphatic hydroxyl groups excluding tert-OH is 1. The molecule has 1 saturated heterocycles. The lowest BCUT2D eigenvalue weighted by Crippen LogP contribution is -2.25. The molecule has 2 atom stereocenters. The molecule has 2 N–H and O–H groups in total. The molecule has 0 radical (unpaired) electrons. The van der Waals surface area contributed by atoms with Crippen LogP contribution in [0.5, 0.6) is 0 Å². The van der Waals surface area contributed by atoms with Gasteiger partial charge in [0.2, 0.25) is 0 Å². The standard InChI is InChI=1S/C9H14N2O3/c1-9(2)13-5-7(14-9)8(12)6-3-4-10-11-6/h3-4,7-8,12H,5H2,1-2H3,(H,10,11). The van der Waals surface area contributed by atoms with Gasteiger partial charge in [0, 0.05) is 6.20 Å². The van der Waals surface area contributed by atoms with Crippen LogP contribution in [-0.4, -0.2) is 33.8 Å². The minimum Gasteiger partial charge on any atom is -0.384 e. The van der Waals surface area contributed by atoms with E-state index in [0.717, 1.165) is 0 Å². The zero-order chi connectivity index (χ0) is 10.2. The molecule has 5 heteroatoms. The van der Waals surface area contributed by atoms with Gasteiger partial charge in [-0.15, -0.1) is 0 Å². The second kappa shape index (κ2) is 3.34. The molecule has 0 aromatic carbocycles. The number of rotatable bonds is 2. The van der Waals surface area contributed by atoms with Crippen molar-refractivity contribution >= 4 is 0 Å². The highest BCUT2D eigenvalue weighted by molar-refractivity contribution is 5.04. The quantitative estimate of drug-likeness (QED) is 0.730. The van der Waals surface area contributed by atoms with Crippen molar-refractivity contribution in [2.75, 3.05) is 6.61 Å². The third-order valence-electron chi connectivity index (χ3n) is 2.22. The number of hydrogen-bond donors (Lipinski definition) is 2. The fourth-order valence-electron chi connectivity index (χ4n) is 1.50. The highest BCUT2D eigenvalue weighted by atomic mass is 16.7. The number of aromatic amines is 1. The topological polar surface area (TPSA) is 67.4 Å². The second-order valence-electron chi connectivity index (χ2n) is 3.82. The summed E-state index contributed by atoms with van der Waals surface area (Å²) in [5, 5.41) is 16.3. The Kier molecular flexibility index (Phi) is 2.30. The van der Waals surface area contributed by atoms with E-state index in [1.807, 2.05) is 13.8 Å². The molecule has 2 heterocycles. The maximum absolute atomic E-state index is 9.87. The van der Waals surface area contributed by atoms with Crippen LogP contribution >= 0.6 is 0 Å². The van der Waals surface area contributed by atoms with E-state index in [1.54, 1.807) is 12.3 Å². The molecular formula is C9H14N2O3. The molecule has 2 unspecified atom stereocenters. The molecule has 1 aromatic rings. The first-order valence-electron chi connectivity index (χ1n) is 4.57. The molecule has 0 amide bonds. The zero-order valence-electron chi connectivity index (χ0n) is 8.23. The number of aliphatic hydroxyl groups is 1. The molecular weight excluding hydrogens is 184 g/mol. The maximum atomic E-state index is 9.87. The summed E-state index contributed by atoms with van der Waals surface area (Å²) in [7, 11) is 0. The fraction of sp³-hybridized carbons (Fsp3) is 0.667. The van der Waals surface area contributed by atoms with E-state index in [1.165, 1.54) is 0 Å². The van der Waals surface area contributed by atoms with E-state index >= 15 is 0 Å². The Bertz CT molecular complexity index is 297. The average molecular weight is 198 g/mol. The van der Waals surface area contributed by atoms with Gasteiger partial charge in [0.1, 0.15) is 12.2 Å². The Hall–Kier alpha value is -0.910. The first-order chi connectivity index (χ1) is 6.58. The van der Waals surface area contributed by atoms with Crippen molar-refractivity contribution in [1.82, 2.24) is 10.2 Å². The monoisotopic (exact) mass is 198 g/mol. The number of hydrogen-bond acceptors (Lipinski definition) is 4. The molecule has 78 valence electrons. The Morgan fingerprint density at radius 1 is 1.71 bits per heavy atom. The minimum atomic E-state index is -0.709. The molecule has 0 saturated carbocycles. The van der Waals surface area contributed by atoms with E-state index in [0.29, 0.717) is 12.3 Å². The summed E-state index contributed by atoms with van der Waals surface area (Å²) >= 11 is 0. The first-order valence-corrected chi connectivity index (χ1v) is 4.57. The van der Waals surface area contributed by atoms with Crippen molar-refractivity contribution in [3.05, 3.63) is 18.0 Å². The molecule has 0 aliphatic carbocycles. The zero-order valence-corrected chi connectivity index (χ0v) is 8.23. The van der Waals surface area contributed by atoms with Gasteiger partial charge in [0.25, 0.3) is 0 Å². The molecule has 1 aliphatic rings. The Balaban J connectivity index is 2.04. The summed E-state index contributed by atoms with van der Waals surface area (Å²) < 4.78 is 10.9. The van der Waals surface area contributed by atoms with Crippen LogP contribution in [0.3, 0.4) is 0 Å². The molecule has 5 nitrogen and oxygen atoms in total. The lowest BCUT2D eigenvalue weighted by Gasteiger charge is -2.19. The number of nitrogens with zero attached hydrogens (tertiary/aromatic N) is 1. The summed E-state index contributed by atoms with van der Waals surface area (Å²) in [4.78, 5) is 0. The van der Waals surface area contributed by atoms with Crippen LogP contribution < -0.4 is 0 Å². The van der Waals surface area contributed by atoms with Crippen LogP contribution in [0, 0.1) is 0 Å². The van der Waals surface area contributed by atoms with Gasteiger partial charge in [-0.3, -0.25) is 5.10 Å². The van der Waals surface area contributed by atoms with E-state index < -0.39 is 11.9 Å². The van der Waals surface area contributed by atoms with Gasteiger partial charge in [-0.25, -0.2) is 0 Å². The Labute approximate surface area is 82.0 Å². The van der Waals surface area contributed by atoms with Crippen molar-refractivity contribution < 1.29 is 14.6 Å². The van der Waals surface area contributed by atoms with Crippen molar-refractivity contribution in [2.24, 2.45) is 0 Å². The summed E-state index contributed by atoms with van der Waals surface area (Å²) in [6, 6.07) is 1.72. The lowest BCUT2D eigenvalue weighted by molar-refractivity contribution is -0.151. The highest BCUT2D eigenvalue weighted by Crippen LogP contribution is 2.29. The molecule has 1 fully saturated rings. The fourth-order valence-corrected chi connectivity index (χ4v) is 1.50. The maximum Gasteiger partial charge on any atom is 0.163 e. The van der Waals surface area contributed by atoms with Gasteiger partial charge in [0.15, 0.2) is 5.79 Å². The van der Waals surface area contributed by atoms with Crippen LogP contribution in [0.15, 0.2) is 12.3 Å². The molecule has 14 heavy (non-hydrogen) atoms. The third-order valence-corrected chi connectivity index (χ3v) is 2.22. The van der Waals surface area contributed by atoms with Gasteiger partial charge in [-0.05, 0) is 19.9 Å². The van der Waals surface area contributed by atoms with Gasteiger partial charge in [0.05, 0.1) is 12.3 Å². The van der Waals surface area contributed by atoms with Crippen LogP contribution in [0.1, 0.15) is 25.6 Å². The predicted molar refractivity (Wildman–Crippen MR) is 48.5 cm³/mol. The van der Waals surface area contributed by atoms with Crippen molar-refractivity contribution in [1.29, 1.82) is 0 Å². The number of H-pyrrole nitrogens is 1. The van der Waals surface area contributed by atoms with Crippen molar-refractivity contribution in [3.8, 4) is 0 Å². The van der Waals surface area contributed by atoms with Crippen LogP contribution in [0.25, 0.3) is 0 Å². The summed E-state index contributed by atoms with van der Waals surface area (Å²) in [6.07, 6.45) is 0.559. The third kappa shape index (κ3) is 1.79. The average Bonchev–Trinajstić information content (AvgIpc) is 2.72. The largest absolute Gasteiger partial charge is 0.384 e. The smallest absolute Gasteiger partial charge is 0.163 e. The number of ether oxygens (including phenoxy) is 2. The van der Waals surface area contributed by atoms with E-state index in [-0.39, 0.29) is 6.10 Å². The van der Waals surface area contributed by atoms with Crippen LogP contribution in [0.4, 0.5) is 0 Å². The van der Waals surface area contributed by atoms with E-state index in [4.69, 9.17) is 9.47 Å². The van der Waals surface area contributed by atoms with Crippen LogP contribution in [-0.2, 0) is 9.47 Å². The molecule has 0 bridgehead atoms. The molecule has 1 aliphatic heterocycles. The van der Waals surface area contributed by atoms with Crippen molar-refractivity contribution in [3.63, 3.8) is 0 Å². The Morgan fingerprint density at radius 3 is 3.00 bits per heavy atom. The lowest BCUT2D eigenvalue weighted by atomic mass is 10.1. The van der Waals surface area contributed by atoms with Gasteiger partial charge in [-0.1, -0.05) is 0 Å². The summed E-state index contributed by atoms with van der Waals surface area (Å²) in [5.41, 5.74) is 0.649. The number of aromatic nitrogens is 2. The number of nitrogens with one attached hydrogen (secondary N) is 1. The van der Waals surface area contributed by atoms with Gasteiger partial charge in [-0.2, -0.15) is 5.10 Å². The van der Waals surface area contributed by atoms with E-state index in [9.17, 15) is 5.11 Å². The highest BCUT2D eigenvalue weighted by Gasteiger charge is 2.37. The molecule has 1 aromatic heterocycles. The van der Waals surface area contributed by atoms with Crippen LogP contribution in [0.2, 0.25) is 0 Å². The van der Waals surface area contributed by atoms with Gasteiger partial charge >= 0.3 is 0 Å². The SMILES string of the molecule is CC1(C)OCC(C(O)c2ccn[nH]2)O1. The van der Waals surface area contributed by atoms with Crippen molar-refractivity contribution in [2.45, 2.75) is 31.8 Å². The summed E-state index contributed by atoms with van der Waals surface area (Å²) in [6.45, 7) is 4.05. The normalized spacial score (nSPS) is 27.8. The second-order valence-corrected chi connectivity index (χ2v) is 3.82. The predicted octanol–water partition coefficient (Wildman–Crippen LogP) is 0.595. The van der Waals surface area contributed by atoms with E-state index in [2.05, 4.69) is 10.2 Å². The molecule has 0 spiro atoms. The minimum absolute atomic E-state index is 0.328. The summed E-state index contributed by atoms with van der Waals surface area (Å²) in [5.74, 6) is -0.605.